The van der Waals surface area contributed by atoms with E-state index in [1.807, 2.05) is 0 Å². The van der Waals surface area contributed by atoms with E-state index in [1.165, 1.54) is 55.7 Å². The van der Waals surface area contributed by atoms with Crippen LogP contribution < -0.4 is 0 Å². The molecule has 0 fully saturated rings. The first-order chi connectivity index (χ1) is 15.6. The standard InChI is InChI=1S/C30H38F2/c1-3-5-6-7-8-10-24-13-15-25(16-14-24)17-21-30(20-4-2)22-18-26(19-23-30)27-11-9-12-28(31)29(27)32/h9,11-16,18-19,22-23,26H,3-8,10,17,20-21H2,1-2H3. The van der Waals surface area contributed by atoms with Crippen LogP contribution in [-0.4, -0.2) is 0 Å². The summed E-state index contributed by atoms with van der Waals surface area (Å²) < 4.78 is 27.9. The number of aryl methyl sites for hydroxylation is 2. The van der Waals surface area contributed by atoms with E-state index in [1.54, 1.807) is 12.1 Å². The fourth-order valence-electron chi connectivity index (χ4n) is 4.80. The van der Waals surface area contributed by atoms with Crippen LogP contribution in [0.3, 0.4) is 0 Å². The van der Waals surface area contributed by atoms with Crippen LogP contribution in [0, 0.1) is 17.0 Å². The summed E-state index contributed by atoms with van der Waals surface area (Å²) in [7, 11) is 0. The minimum Gasteiger partial charge on any atom is -0.204 e. The van der Waals surface area contributed by atoms with E-state index in [2.05, 4.69) is 62.4 Å². The van der Waals surface area contributed by atoms with E-state index in [4.69, 9.17) is 0 Å². The zero-order chi connectivity index (χ0) is 22.8. The largest absolute Gasteiger partial charge is 0.204 e. The van der Waals surface area contributed by atoms with Gasteiger partial charge in [0.15, 0.2) is 11.6 Å². The van der Waals surface area contributed by atoms with Gasteiger partial charge in [-0.2, -0.15) is 0 Å². The maximum atomic E-state index is 14.2. The highest BCUT2D eigenvalue weighted by molar-refractivity contribution is 5.36. The molecule has 0 spiro atoms. The Kier molecular flexibility index (Phi) is 9.26. The molecule has 0 saturated heterocycles. The molecule has 1 aliphatic rings. The highest BCUT2D eigenvalue weighted by Crippen LogP contribution is 2.39. The molecule has 0 heterocycles. The first-order valence-electron chi connectivity index (χ1n) is 12.5. The summed E-state index contributed by atoms with van der Waals surface area (Å²) in [5, 5.41) is 0. The lowest BCUT2D eigenvalue weighted by molar-refractivity contribution is 0.402. The van der Waals surface area contributed by atoms with Crippen LogP contribution >= 0.6 is 0 Å². The number of halogens is 2. The third-order valence-electron chi connectivity index (χ3n) is 6.80. The second-order valence-corrected chi connectivity index (χ2v) is 9.35. The van der Waals surface area contributed by atoms with Crippen molar-refractivity contribution in [1.82, 2.24) is 0 Å². The number of benzene rings is 2. The first kappa shape index (κ1) is 24.4. The lowest BCUT2D eigenvalue weighted by atomic mass is 9.73. The molecule has 0 nitrogen and oxygen atoms in total. The van der Waals surface area contributed by atoms with Crippen LogP contribution in [0.4, 0.5) is 8.78 Å². The highest BCUT2D eigenvalue weighted by Gasteiger charge is 2.27. The van der Waals surface area contributed by atoms with E-state index in [9.17, 15) is 8.78 Å². The van der Waals surface area contributed by atoms with Crippen molar-refractivity contribution in [1.29, 1.82) is 0 Å². The Hall–Kier alpha value is -2.22. The van der Waals surface area contributed by atoms with Crippen molar-refractivity contribution in [3.05, 3.63) is 95.1 Å². The van der Waals surface area contributed by atoms with Gasteiger partial charge in [0.2, 0.25) is 0 Å². The minimum atomic E-state index is -0.779. The molecule has 2 aromatic rings. The second kappa shape index (κ2) is 12.1. The van der Waals surface area contributed by atoms with Gasteiger partial charge in [-0.1, -0.05) is 107 Å². The lowest BCUT2D eigenvalue weighted by Gasteiger charge is -2.31. The van der Waals surface area contributed by atoms with Gasteiger partial charge in [0, 0.05) is 16.9 Å². The molecule has 0 unspecified atom stereocenters. The maximum absolute atomic E-state index is 14.2. The number of hydrogen-bond donors (Lipinski definition) is 0. The van der Waals surface area contributed by atoms with Gasteiger partial charge >= 0.3 is 0 Å². The van der Waals surface area contributed by atoms with Gasteiger partial charge in [0.1, 0.15) is 0 Å². The molecule has 172 valence electrons. The SMILES string of the molecule is CCCCCCCc1ccc(CCC2(CCC)C=CC(c3cccc(F)c3F)C=C2)cc1. The average molecular weight is 437 g/mol. The van der Waals surface area contributed by atoms with Crippen LogP contribution in [0.1, 0.15) is 87.8 Å². The summed E-state index contributed by atoms with van der Waals surface area (Å²) >= 11 is 0. The lowest BCUT2D eigenvalue weighted by Crippen LogP contribution is -2.19. The predicted octanol–water partition coefficient (Wildman–Crippen LogP) is 9.11. The second-order valence-electron chi connectivity index (χ2n) is 9.35. The molecule has 0 aromatic heterocycles. The summed E-state index contributed by atoms with van der Waals surface area (Å²) in [6, 6.07) is 13.6. The van der Waals surface area contributed by atoms with Gasteiger partial charge in [0.25, 0.3) is 0 Å². The van der Waals surface area contributed by atoms with Crippen LogP contribution in [0.2, 0.25) is 0 Å². The first-order valence-corrected chi connectivity index (χ1v) is 12.5. The molecule has 32 heavy (non-hydrogen) atoms. The zero-order valence-corrected chi connectivity index (χ0v) is 19.8. The number of hydrogen-bond acceptors (Lipinski definition) is 0. The van der Waals surface area contributed by atoms with E-state index >= 15 is 0 Å². The number of unbranched alkanes of at least 4 members (excludes halogenated alkanes) is 4. The predicted molar refractivity (Wildman–Crippen MR) is 132 cm³/mol. The van der Waals surface area contributed by atoms with E-state index < -0.39 is 11.6 Å². The van der Waals surface area contributed by atoms with Crippen molar-refractivity contribution in [3.63, 3.8) is 0 Å². The van der Waals surface area contributed by atoms with Gasteiger partial charge < -0.3 is 0 Å². The molecule has 1 aliphatic carbocycles. The van der Waals surface area contributed by atoms with Crippen molar-refractivity contribution >= 4 is 0 Å². The van der Waals surface area contributed by atoms with Crippen molar-refractivity contribution in [2.45, 2.75) is 84.0 Å². The third kappa shape index (κ3) is 6.64. The van der Waals surface area contributed by atoms with Crippen LogP contribution in [0.15, 0.2) is 66.8 Å². The smallest absolute Gasteiger partial charge is 0.162 e. The maximum Gasteiger partial charge on any atom is 0.162 e. The van der Waals surface area contributed by atoms with Crippen molar-refractivity contribution in [3.8, 4) is 0 Å². The Morgan fingerprint density at radius 1 is 0.719 bits per heavy atom. The molecule has 0 amide bonds. The molecule has 0 saturated carbocycles. The fraction of sp³-hybridized carbons (Fsp3) is 0.467. The molecular formula is C30H38F2. The van der Waals surface area contributed by atoms with Crippen molar-refractivity contribution < 1.29 is 8.78 Å². The average Bonchev–Trinajstić information content (AvgIpc) is 2.81. The van der Waals surface area contributed by atoms with Crippen LogP contribution in [0.25, 0.3) is 0 Å². The number of allylic oxidation sites excluding steroid dienone is 4. The molecule has 3 rings (SSSR count). The molecule has 0 radical (unpaired) electrons. The van der Waals surface area contributed by atoms with Gasteiger partial charge in [-0.15, -0.1) is 0 Å². The minimum absolute atomic E-state index is 0.00694. The van der Waals surface area contributed by atoms with Crippen molar-refractivity contribution in [2.24, 2.45) is 5.41 Å². The summed E-state index contributed by atoms with van der Waals surface area (Å²) in [6.07, 6.45) is 20.5. The zero-order valence-electron chi connectivity index (χ0n) is 19.8. The van der Waals surface area contributed by atoms with Crippen LogP contribution in [-0.2, 0) is 12.8 Å². The third-order valence-corrected chi connectivity index (χ3v) is 6.80. The Morgan fingerprint density at radius 2 is 1.38 bits per heavy atom. The Morgan fingerprint density at radius 3 is 2.03 bits per heavy atom. The topological polar surface area (TPSA) is 0 Å². The summed E-state index contributed by atoms with van der Waals surface area (Å²) in [6.45, 7) is 4.46. The monoisotopic (exact) mass is 436 g/mol. The molecule has 2 heteroatoms. The fourth-order valence-corrected chi connectivity index (χ4v) is 4.80. The van der Waals surface area contributed by atoms with Gasteiger partial charge in [-0.05, 0) is 49.3 Å². The van der Waals surface area contributed by atoms with E-state index in [-0.39, 0.29) is 11.3 Å². The molecule has 0 N–H and O–H groups in total. The molecule has 0 atom stereocenters. The normalized spacial score (nSPS) is 20.1. The quantitative estimate of drug-likeness (QED) is 0.230. The molecule has 2 aromatic carbocycles. The van der Waals surface area contributed by atoms with Gasteiger partial charge in [-0.3, -0.25) is 0 Å². The Labute approximate surface area is 193 Å². The summed E-state index contributed by atoms with van der Waals surface area (Å²) in [5.74, 6) is -1.72. The van der Waals surface area contributed by atoms with Gasteiger partial charge in [0.05, 0.1) is 0 Å². The van der Waals surface area contributed by atoms with Gasteiger partial charge in [-0.25, -0.2) is 8.78 Å². The van der Waals surface area contributed by atoms with E-state index in [0.29, 0.717) is 5.56 Å². The van der Waals surface area contributed by atoms with E-state index in [0.717, 1.165) is 25.7 Å². The number of rotatable bonds is 12. The highest BCUT2D eigenvalue weighted by atomic mass is 19.2. The Balaban J connectivity index is 1.58. The summed E-state index contributed by atoms with van der Waals surface area (Å²) in [5.41, 5.74) is 3.21. The van der Waals surface area contributed by atoms with Crippen molar-refractivity contribution in [2.75, 3.05) is 0 Å². The molecule has 0 aliphatic heterocycles. The summed E-state index contributed by atoms with van der Waals surface area (Å²) in [4.78, 5) is 0. The molecular weight excluding hydrogens is 398 g/mol. The molecule has 0 bridgehead atoms. The Bertz CT molecular complexity index is 878. The van der Waals surface area contributed by atoms with Crippen LogP contribution in [0.5, 0.6) is 0 Å².